The van der Waals surface area contributed by atoms with Crippen LogP contribution >= 0.6 is 0 Å². The maximum Gasteiger partial charge on any atom is 0.0603 e. The van der Waals surface area contributed by atoms with E-state index in [1.165, 1.54) is 31.2 Å². The van der Waals surface area contributed by atoms with Gasteiger partial charge in [-0.1, -0.05) is 6.07 Å². The standard InChI is InChI=1S/C16H25N3O/c1-2-14(12-18-7-1)13-19-10-5-16(6-11-19)20-15-3-8-17-9-4-15/h1-2,7,12,15-17H,3-6,8-11,13H2. The van der Waals surface area contributed by atoms with E-state index in [1.807, 2.05) is 18.5 Å². The zero-order valence-electron chi connectivity index (χ0n) is 12.1. The van der Waals surface area contributed by atoms with E-state index < -0.39 is 0 Å². The van der Waals surface area contributed by atoms with E-state index in [9.17, 15) is 0 Å². The summed E-state index contributed by atoms with van der Waals surface area (Å²) in [5, 5.41) is 3.39. The lowest BCUT2D eigenvalue weighted by atomic mass is 10.0. The van der Waals surface area contributed by atoms with Crippen LogP contribution in [0.5, 0.6) is 0 Å². The largest absolute Gasteiger partial charge is 0.375 e. The molecule has 2 aliphatic rings. The first-order valence-corrected chi connectivity index (χ1v) is 7.87. The van der Waals surface area contributed by atoms with Gasteiger partial charge in [0.1, 0.15) is 0 Å². The van der Waals surface area contributed by atoms with Crippen molar-refractivity contribution in [2.45, 2.75) is 44.4 Å². The average molecular weight is 275 g/mol. The van der Waals surface area contributed by atoms with E-state index in [2.05, 4.69) is 21.3 Å². The molecule has 2 saturated heterocycles. The molecule has 0 saturated carbocycles. The predicted molar refractivity (Wildman–Crippen MR) is 79.5 cm³/mol. The fourth-order valence-corrected chi connectivity index (χ4v) is 3.16. The lowest BCUT2D eigenvalue weighted by molar-refractivity contribution is -0.0539. The molecule has 4 nitrogen and oxygen atoms in total. The van der Waals surface area contributed by atoms with Crippen molar-refractivity contribution in [3.8, 4) is 0 Å². The Labute approximate surface area is 121 Å². The Hall–Kier alpha value is -0.970. The zero-order chi connectivity index (χ0) is 13.6. The quantitative estimate of drug-likeness (QED) is 0.909. The maximum absolute atomic E-state index is 6.25. The number of nitrogens with one attached hydrogen (secondary N) is 1. The highest BCUT2D eigenvalue weighted by atomic mass is 16.5. The average Bonchev–Trinajstić information content (AvgIpc) is 2.51. The summed E-state index contributed by atoms with van der Waals surface area (Å²) in [5.41, 5.74) is 1.31. The Morgan fingerprint density at radius 1 is 1.15 bits per heavy atom. The summed E-state index contributed by atoms with van der Waals surface area (Å²) in [5.74, 6) is 0. The summed E-state index contributed by atoms with van der Waals surface area (Å²) in [6.45, 7) is 5.54. The Bertz CT molecular complexity index is 384. The maximum atomic E-state index is 6.25. The molecule has 110 valence electrons. The summed E-state index contributed by atoms with van der Waals surface area (Å²) in [4.78, 5) is 6.70. The minimum Gasteiger partial charge on any atom is -0.375 e. The van der Waals surface area contributed by atoms with E-state index >= 15 is 0 Å². The summed E-state index contributed by atoms with van der Waals surface area (Å²) in [6, 6.07) is 4.17. The van der Waals surface area contributed by atoms with Crippen molar-refractivity contribution in [3.05, 3.63) is 30.1 Å². The third-order valence-electron chi connectivity index (χ3n) is 4.33. The summed E-state index contributed by atoms with van der Waals surface area (Å²) in [6.07, 6.45) is 9.47. The fourth-order valence-electron chi connectivity index (χ4n) is 3.16. The molecule has 1 aromatic heterocycles. The second-order valence-electron chi connectivity index (χ2n) is 5.92. The monoisotopic (exact) mass is 275 g/mol. The van der Waals surface area contributed by atoms with Crippen molar-refractivity contribution in [1.29, 1.82) is 0 Å². The number of piperidine rings is 2. The van der Waals surface area contributed by atoms with Crippen LogP contribution < -0.4 is 5.32 Å². The van der Waals surface area contributed by atoms with Crippen LogP contribution in [0.25, 0.3) is 0 Å². The molecule has 0 aliphatic carbocycles. The molecule has 0 spiro atoms. The highest BCUT2D eigenvalue weighted by Gasteiger charge is 2.23. The van der Waals surface area contributed by atoms with Crippen LogP contribution in [-0.4, -0.2) is 48.3 Å². The van der Waals surface area contributed by atoms with E-state index in [4.69, 9.17) is 4.74 Å². The number of ether oxygens (including phenoxy) is 1. The van der Waals surface area contributed by atoms with Gasteiger partial charge in [0.15, 0.2) is 0 Å². The van der Waals surface area contributed by atoms with Gasteiger partial charge in [0.25, 0.3) is 0 Å². The Morgan fingerprint density at radius 2 is 1.90 bits per heavy atom. The van der Waals surface area contributed by atoms with Gasteiger partial charge in [0.05, 0.1) is 12.2 Å². The topological polar surface area (TPSA) is 37.4 Å². The molecular formula is C16H25N3O. The number of nitrogens with zero attached hydrogens (tertiary/aromatic N) is 2. The van der Waals surface area contributed by atoms with Crippen LogP contribution in [0.15, 0.2) is 24.5 Å². The van der Waals surface area contributed by atoms with Crippen molar-refractivity contribution in [2.75, 3.05) is 26.2 Å². The number of hydrogen-bond acceptors (Lipinski definition) is 4. The second-order valence-corrected chi connectivity index (χ2v) is 5.92. The minimum atomic E-state index is 0.475. The van der Waals surface area contributed by atoms with E-state index in [0.29, 0.717) is 12.2 Å². The van der Waals surface area contributed by atoms with Crippen molar-refractivity contribution in [2.24, 2.45) is 0 Å². The lowest BCUT2D eigenvalue weighted by Crippen LogP contribution is -2.40. The van der Waals surface area contributed by atoms with E-state index in [1.54, 1.807) is 0 Å². The summed E-state index contributed by atoms with van der Waals surface area (Å²) in [7, 11) is 0. The zero-order valence-corrected chi connectivity index (χ0v) is 12.1. The van der Waals surface area contributed by atoms with Gasteiger partial charge in [0.2, 0.25) is 0 Å². The van der Waals surface area contributed by atoms with E-state index in [0.717, 1.165) is 32.7 Å². The molecule has 1 aromatic rings. The number of aromatic nitrogens is 1. The molecule has 3 heterocycles. The smallest absolute Gasteiger partial charge is 0.0603 e. The number of pyridine rings is 1. The van der Waals surface area contributed by atoms with Crippen LogP contribution in [0.2, 0.25) is 0 Å². The van der Waals surface area contributed by atoms with Crippen LogP contribution in [0.3, 0.4) is 0 Å². The van der Waals surface area contributed by atoms with Crippen molar-refractivity contribution in [3.63, 3.8) is 0 Å². The third-order valence-corrected chi connectivity index (χ3v) is 4.33. The number of hydrogen-bond donors (Lipinski definition) is 1. The molecule has 1 N–H and O–H groups in total. The second kappa shape index (κ2) is 7.16. The van der Waals surface area contributed by atoms with Gasteiger partial charge in [-0.3, -0.25) is 9.88 Å². The Morgan fingerprint density at radius 3 is 2.60 bits per heavy atom. The third kappa shape index (κ3) is 4.01. The van der Waals surface area contributed by atoms with Crippen molar-refractivity contribution < 1.29 is 4.74 Å². The first kappa shape index (κ1) is 14.0. The van der Waals surface area contributed by atoms with Gasteiger partial charge >= 0.3 is 0 Å². The van der Waals surface area contributed by atoms with Crippen LogP contribution in [0.4, 0.5) is 0 Å². The Kier molecular flexibility index (Phi) is 5.01. The molecule has 4 heteroatoms. The molecular weight excluding hydrogens is 250 g/mol. The highest BCUT2D eigenvalue weighted by Crippen LogP contribution is 2.20. The molecule has 0 unspecified atom stereocenters. The molecule has 20 heavy (non-hydrogen) atoms. The molecule has 3 rings (SSSR count). The lowest BCUT2D eigenvalue weighted by Gasteiger charge is -2.35. The first-order valence-electron chi connectivity index (χ1n) is 7.87. The van der Waals surface area contributed by atoms with Gasteiger partial charge in [-0.25, -0.2) is 0 Å². The van der Waals surface area contributed by atoms with E-state index in [-0.39, 0.29) is 0 Å². The van der Waals surface area contributed by atoms with Gasteiger partial charge in [-0.15, -0.1) is 0 Å². The van der Waals surface area contributed by atoms with Gasteiger partial charge in [-0.05, 0) is 50.4 Å². The molecule has 2 aliphatic heterocycles. The van der Waals surface area contributed by atoms with Gasteiger partial charge in [-0.2, -0.15) is 0 Å². The number of rotatable bonds is 4. The van der Waals surface area contributed by atoms with Crippen LogP contribution in [0, 0.1) is 0 Å². The highest BCUT2D eigenvalue weighted by molar-refractivity contribution is 5.08. The minimum absolute atomic E-state index is 0.475. The predicted octanol–water partition coefficient (Wildman–Crippen LogP) is 1.81. The molecule has 0 atom stereocenters. The molecule has 0 radical (unpaired) electrons. The van der Waals surface area contributed by atoms with Crippen LogP contribution in [0.1, 0.15) is 31.2 Å². The van der Waals surface area contributed by atoms with Crippen molar-refractivity contribution in [1.82, 2.24) is 15.2 Å². The van der Waals surface area contributed by atoms with Gasteiger partial charge < -0.3 is 10.1 Å². The van der Waals surface area contributed by atoms with Gasteiger partial charge in [0, 0.05) is 32.0 Å². The molecule has 0 aromatic carbocycles. The summed E-state index contributed by atoms with van der Waals surface area (Å²) < 4.78 is 6.25. The molecule has 2 fully saturated rings. The van der Waals surface area contributed by atoms with Crippen molar-refractivity contribution >= 4 is 0 Å². The SMILES string of the molecule is c1cncc(CN2CCC(OC3CCNCC3)CC2)c1. The first-order chi connectivity index (χ1) is 9.90. The summed E-state index contributed by atoms with van der Waals surface area (Å²) >= 11 is 0. The molecule has 0 amide bonds. The fraction of sp³-hybridized carbons (Fsp3) is 0.688. The normalized spacial score (nSPS) is 23.0. The number of likely N-dealkylation sites (tertiary alicyclic amines) is 1. The Balaban J connectivity index is 1.40. The molecule has 0 bridgehead atoms. The van der Waals surface area contributed by atoms with Crippen LogP contribution in [-0.2, 0) is 11.3 Å².